The fourth-order valence-electron chi connectivity index (χ4n) is 2.53. The van der Waals surface area contributed by atoms with E-state index in [9.17, 15) is 9.59 Å². The molecule has 4 heterocycles. The molecule has 0 radical (unpaired) electrons. The first-order valence-corrected chi connectivity index (χ1v) is 7.64. The van der Waals surface area contributed by atoms with Crippen molar-refractivity contribution in [3.05, 3.63) is 53.3 Å². The number of nitrogens with zero attached hydrogens (tertiary/aromatic N) is 6. The molecule has 0 aliphatic rings. The second-order valence-corrected chi connectivity index (χ2v) is 5.40. The van der Waals surface area contributed by atoms with Crippen molar-refractivity contribution in [2.45, 2.75) is 0 Å². The van der Waals surface area contributed by atoms with Crippen LogP contribution in [0.25, 0.3) is 28.1 Å². The van der Waals surface area contributed by atoms with E-state index < -0.39 is 11.5 Å². The molecule has 1 N–H and O–H groups in total. The van der Waals surface area contributed by atoms with Crippen molar-refractivity contribution in [2.24, 2.45) is 0 Å². The lowest BCUT2D eigenvalue weighted by atomic mass is 10.3. The standard InChI is InChI=1S/C16H13N7O3/c1-26-9-13(24)20-22-7-4-12-11(15(22)25)8-18-16-19-14(21-23(12)16)10-2-5-17-6-3-10/h2-8H,9H2,1H3,(H,20,24). The molecule has 0 saturated carbocycles. The van der Waals surface area contributed by atoms with Crippen LogP contribution in [0, 0.1) is 0 Å². The Kier molecular flexibility index (Phi) is 3.86. The zero-order valence-corrected chi connectivity index (χ0v) is 13.7. The van der Waals surface area contributed by atoms with Crippen LogP contribution < -0.4 is 11.0 Å². The zero-order valence-electron chi connectivity index (χ0n) is 13.7. The molecule has 0 aliphatic carbocycles. The molecule has 130 valence electrons. The van der Waals surface area contributed by atoms with Crippen LogP contribution in [0.2, 0.25) is 0 Å². The van der Waals surface area contributed by atoms with Gasteiger partial charge in [-0.2, -0.15) is 9.50 Å². The molecule has 4 rings (SSSR count). The molecule has 1 amide bonds. The average molecular weight is 351 g/mol. The van der Waals surface area contributed by atoms with Gasteiger partial charge in [0.25, 0.3) is 17.2 Å². The van der Waals surface area contributed by atoms with Crippen molar-refractivity contribution in [1.82, 2.24) is 29.2 Å². The summed E-state index contributed by atoms with van der Waals surface area (Å²) in [7, 11) is 1.40. The first-order chi connectivity index (χ1) is 12.7. The highest BCUT2D eigenvalue weighted by Crippen LogP contribution is 2.16. The van der Waals surface area contributed by atoms with E-state index in [1.165, 1.54) is 24.0 Å². The molecule has 0 aromatic carbocycles. The van der Waals surface area contributed by atoms with E-state index in [4.69, 9.17) is 4.74 Å². The predicted molar refractivity (Wildman–Crippen MR) is 92.0 cm³/mol. The molecule has 0 unspecified atom stereocenters. The maximum absolute atomic E-state index is 12.6. The lowest BCUT2D eigenvalue weighted by Gasteiger charge is -2.08. The molecule has 0 bridgehead atoms. The van der Waals surface area contributed by atoms with Gasteiger partial charge in [0, 0.05) is 37.5 Å². The molecule has 26 heavy (non-hydrogen) atoms. The minimum Gasteiger partial charge on any atom is -0.375 e. The van der Waals surface area contributed by atoms with E-state index in [0.717, 1.165) is 10.2 Å². The highest BCUT2D eigenvalue weighted by molar-refractivity contribution is 5.85. The number of nitrogens with one attached hydrogen (secondary N) is 1. The van der Waals surface area contributed by atoms with Gasteiger partial charge in [-0.3, -0.25) is 20.0 Å². The molecular weight excluding hydrogens is 338 g/mol. The number of methoxy groups -OCH3 is 1. The molecule has 0 saturated heterocycles. The summed E-state index contributed by atoms with van der Waals surface area (Å²) < 4.78 is 7.31. The molecule has 0 spiro atoms. The Balaban J connectivity index is 1.83. The number of ether oxygens (including phenoxy) is 1. The number of amides is 1. The van der Waals surface area contributed by atoms with E-state index in [-0.39, 0.29) is 6.61 Å². The van der Waals surface area contributed by atoms with Crippen molar-refractivity contribution in [3.63, 3.8) is 0 Å². The van der Waals surface area contributed by atoms with Gasteiger partial charge in [-0.25, -0.2) is 9.66 Å². The highest BCUT2D eigenvalue weighted by Gasteiger charge is 2.13. The van der Waals surface area contributed by atoms with Crippen LogP contribution in [0.15, 0.2) is 47.8 Å². The normalized spacial score (nSPS) is 11.1. The first-order valence-electron chi connectivity index (χ1n) is 7.64. The number of carbonyl (C=O) groups is 1. The van der Waals surface area contributed by atoms with Crippen molar-refractivity contribution >= 4 is 22.6 Å². The van der Waals surface area contributed by atoms with Crippen LogP contribution >= 0.6 is 0 Å². The van der Waals surface area contributed by atoms with Crippen molar-refractivity contribution < 1.29 is 9.53 Å². The Morgan fingerprint density at radius 3 is 2.85 bits per heavy atom. The minimum absolute atomic E-state index is 0.153. The maximum atomic E-state index is 12.6. The van der Waals surface area contributed by atoms with Crippen LogP contribution in [0.3, 0.4) is 0 Å². The number of fused-ring (bicyclic) bond motifs is 3. The third-order valence-electron chi connectivity index (χ3n) is 3.69. The summed E-state index contributed by atoms with van der Waals surface area (Å²) in [5.74, 6) is 0.401. The van der Waals surface area contributed by atoms with Gasteiger partial charge < -0.3 is 4.74 Å². The van der Waals surface area contributed by atoms with Crippen molar-refractivity contribution in [3.8, 4) is 11.4 Å². The predicted octanol–water partition coefficient (Wildman–Crippen LogP) is 0.218. The Hall–Kier alpha value is -3.66. The third-order valence-corrected chi connectivity index (χ3v) is 3.69. The van der Waals surface area contributed by atoms with Gasteiger partial charge in [0.15, 0.2) is 5.82 Å². The summed E-state index contributed by atoms with van der Waals surface area (Å²) in [6.07, 6.45) is 6.16. The quantitative estimate of drug-likeness (QED) is 0.559. The van der Waals surface area contributed by atoms with Gasteiger partial charge in [0.05, 0.1) is 10.9 Å². The van der Waals surface area contributed by atoms with Crippen LogP contribution in [0.4, 0.5) is 0 Å². The number of hydrogen-bond acceptors (Lipinski definition) is 7. The van der Waals surface area contributed by atoms with Crippen molar-refractivity contribution in [1.29, 1.82) is 0 Å². The maximum Gasteiger partial charge on any atom is 0.280 e. The SMILES string of the molecule is COCC(=O)Nn1ccc2c(cnc3nc(-c4ccncc4)nn32)c1=O. The second kappa shape index (κ2) is 6.33. The molecule has 0 aliphatic heterocycles. The van der Waals surface area contributed by atoms with Crippen LogP contribution in [-0.2, 0) is 9.53 Å². The van der Waals surface area contributed by atoms with Crippen LogP contribution in [-0.4, -0.2) is 48.9 Å². The minimum atomic E-state index is -0.441. The second-order valence-electron chi connectivity index (χ2n) is 5.40. The van der Waals surface area contributed by atoms with Gasteiger partial charge in [-0.05, 0) is 18.2 Å². The van der Waals surface area contributed by atoms with E-state index in [0.29, 0.717) is 22.5 Å². The Labute approximate surface area is 146 Å². The van der Waals surface area contributed by atoms with E-state index >= 15 is 0 Å². The van der Waals surface area contributed by atoms with Crippen LogP contribution in [0.1, 0.15) is 0 Å². The van der Waals surface area contributed by atoms with E-state index in [1.807, 2.05) is 0 Å². The molecule has 10 heteroatoms. The third kappa shape index (κ3) is 2.67. The van der Waals surface area contributed by atoms with Gasteiger partial charge >= 0.3 is 0 Å². The summed E-state index contributed by atoms with van der Waals surface area (Å²) in [6, 6.07) is 5.23. The molecule has 4 aromatic heterocycles. The zero-order chi connectivity index (χ0) is 18.1. The van der Waals surface area contributed by atoms with Gasteiger partial charge in [-0.15, -0.1) is 5.10 Å². The van der Waals surface area contributed by atoms with Gasteiger partial charge in [0.1, 0.15) is 6.61 Å². The molecule has 4 aromatic rings. The number of rotatable bonds is 4. The van der Waals surface area contributed by atoms with Crippen molar-refractivity contribution in [2.75, 3.05) is 19.1 Å². The lowest BCUT2D eigenvalue weighted by molar-refractivity contribution is -0.120. The fourth-order valence-corrected chi connectivity index (χ4v) is 2.53. The van der Waals surface area contributed by atoms with Gasteiger partial charge in [-0.1, -0.05) is 0 Å². The summed E-state index contributed by atoms with van der Waals surface area (Å²) >= 11 is 0. The lowest BCUT2D eigenvalue weighted by Crippen LogP contribution is -2.34. The molecule has 0 fully saturated rings. The first kappa shape index (κ1) is 15.8. The Bertz CT molecular complexity index is 1170. The smallest absolute Gasteiger partial charge is 0.280 e. The summed E-state index contributed by atoms with van der Waals surface area (Å²) in [6.45, 7) is -0.153. The summed E-state index contributed by atoms with van der Waals surface area (Å²) in [5, 5.41) is 4.73. The largest absolute Gasteiger partial charge is 0.375 e. The topological polar surface area (TPSA) is 116 Å². The summed E-state index contributed by atoms with van der Waals surface area (Å²) in [5.41, 5.74) is 3.34. The van der Waals surface area contributed by atoms with Crippen LogP contribution in [0.5, 0.6) is 0 Å². The number of hydrogen-bond donors (Lipinski definition) is 1. The highest BCUT2D eigenvalue weighted by atomic mass is 16.5. The Morgan fingerprint density at radius 1 is 1.27 bits per heavy atom. The molecule has 10 nitrogen and oxygen atoms in total. The monoisotopic (exact) mass is 351 g/mol. The summed E-state index contributed by atoms with van der Waals surface area (Å²) in [4.78, 5) is 36.8. The van der Waals surface area contributed by atoms with E-state index in [2.05, 4.69) is 25.5 Å². The molecular formula is C16H13N7O3. The molecule has 0 atom stereocenters. The number of pyridine rings is 2. The average Bonchev–Trinajstić information content (AvgIpc) is 3.09. The number of aromatic nitrogens is 6. The Morgan fingerprint density at radius 2 is 2.08 bits per heavy atom. The van der Waals surface area contributed by atoms with E-state index in [1.54, 1.807) is 30.6 Å². The fraction of sp³-hybridized carbons (Fsp3) is 0.125. The number of carbonyl (C=O) groups excluding carboxylic acids is 1. The van der Waals surface area contributed by atoms with Gasteiger partial charge in [0.2, 0.25) is 0 Å².